The van der Waals surface area contributed by atoms with Gasteiger partial charge in [-0.3, -0.25) is 5.84 Å². The Labute approximate surface area is 126 Å². The van der Waals surface area contributed by atoms with Gasteiger partial charge in [-0.1, -0.05) is 50.2 Å². The molecule has 0 aliphatic carbocycles. The topological polar surface area (TPSA) is 38.0 Å². The van der Waals surface area contributed by atoms with Gasteiger partial charge in [-0.05, 0) is 47.6 Å². The van der Waals surface area contributed by atoms with E-state index in [-0.39, 0.29) is 11.9 Å². The Kier molecular flexibility index (Phi) is 5.10. The van der Waals surface area contributed by atoms with Crippen LogP contribution in [0.4, 0.5) is 4.39 Å². The molecule has 1 unspecified atom stereocenters. The summed E-state index contributed by atoms with van der Waals surface area (Å²) in [6.07, 6.45) is 1.02. The molecule has 0 aliphatic rings. The molecule has 21 heavy (non-hydrogen) atoms. The molecule has 2 rings (SSSR count). The fourth-order valence-electron chi connectivity index (χ4n) is 2.54. The summed E-state index contributed by atoms with van der Waals surface area (Å²) < 4.78 is 13.8. The largest absolute Gasteiger partial charge is 0.271 e. The molecule has 0 radical (unpaired) electrons. The Morgan fingerprint density at radius 3 is 2.43 bits per heavy atom. The van der Waals surface area contributed by atoms with Gasteiger partial charge in [-0.25, -0.2) is 9.82 Å². The van der Waals surface area contributed by atoms with Gasteiger partial charge in [0.15, 0.2) is 0 Å². The van der Waals surface area contributed by atoms with Crippen LogP contribution in [0, 0.1) is 18.7 Å². The van der Waals surface area contributed by atoms with Gasteiger partial charge in [0.05, 0.1) is 6.04 Å². The fraction of sp³-hybridized carbons (Fsp3) is 0.333. The van der Waals surface area contributed by atoms with Crippen molar-refractivity contribution in [2.45, 2.75) is 33.2 Å². The van der Waals surface area contributed by atoms with Crippen LogP contribution < -0.4 is 11.3 Å². The number of nitrogens with one attached hydrogen (secondary N) is 1. The molecular weight excluding hydrogens is 263 g/mol. The van der Waals surface area contributed by atoms with Gasteiger partial charge in [0.25, 0.3) is 0 Å². The fourth-order valence-corrected chi connectivity index (χ4v) is 2.54. The van der Waals surface area contributed by atoms with E-state index in [1.165, 1.54) is 5.56 Å². The minimum Gasteiger partial charge on any atom is -0.271 e. The Balaban J connectivity index is 2.34. The Morgan fingerprint density at radius 1 is 1.10 bits per heavy atom. The molecule has 0 aliphatic heterocycles. The lowest BCUT2D eigenvalue weighted by molar-refractivity contribution is 0.598. The maximum atomic E-state index is 13.8. The summed E-state index contributed by atoms with van der Waals surface area (Å²) >= 11 is 0. The molecule has 2 aromatic carbocycles. The van der Waals surface area contributed by atoms with Gasteiger partial charge >= 0.3 is 0 Å². The van der Waals surface area contributed by atoms with Crippen LogP contribution in [0.3, 0.4) is 0 Å². The van der Waals surface area contributed by atoms with Crippen LogP contribution in [-0.2, 0) is 6.42 Å². The molecule has 2 nitrogen and oxygen atoms in total. The third-order valence-electron chi connectivity index (χ3n) is 3.62. The summed E-state index contributed by atoms with van der Waals surface area (Å²) in [5.41, 5.74) is 6.60. The van der Waals surface area contributed by atoms with Crippen molar-refractivity contribution in [1.29, 1.82) is 0 Å². The van der Waals surface area contributed by atoms with E-state index in [9.17, 15) is 4.39 Å². The van der Waals surface area contributed by atoms with E-state index in [2.05, 4.69) is 31.4 Å². The number of hydrogen-bond acceptors (Lipinski definition) is 2. The predicted octanol–water partition coefficient (Wildman–Crippen LogP) is 3.89. The van der Waals surface area contributed by atoms with Gasteiger partial charge < -0.3 is 0 Å². The minimum atomic E-state index is -0.203. The number of rotatable bonds is 5. The van der Waals surface area contributed by atoms with Gasteiger partial charge in [-0.15, -0.1) is 0 Å². The van der Waals surface area contributed by atoms with E-state index in [1.807, 2.05) is 18.2 Å². The first-order valence-corrected chi connectivity index (χ1v) is 7.32. The number of aryl methyl sites for hydroxylation is 1. The summed E-state index contributed by atoms with van der Waals surface area (Å²) in [6, 6.07) is 13.4. The molecule has 1 atom stereocenters. The van der Waals surface area contributed by atoms with Crippen molar-refractivity contribution < 1.29 is 4.39 Å². The smallest absolute Gasteiger partial charge is 0.126 e. The number of hydrogen-bond donors (Lipinski definition) is 2. The maximum absolute atomic E-state index is 13.8. The summed E-state index contributed by atoms with van der Waals surface area (Å²) in [5, 5.41) is 0. The Morgan fingerprint density at radius 2 is 1.81 bits per heavy atom. The number of hydrazine groups is 1. The van der Waals surface area contributed by atoms with Crippen molar-refractivity contribution in [3.8, 4) is 0 Å². The highest BCUT2D eigenvalue weighted by molar-refractivity contribution is 5.36. The van der Waals surface area contributed by atoms with Crippen molar-refractivity contribution in [2.24, 2.45) is 11.8 Å². The molecule has 0 fully saturated rings. The van der Waals surface area contributed by atoms with Crippen molar-refractivity contribution in [2.75, 3.05) is 0 Å². The number of halogens is 1. The Hall–Kier alpha value is -1.71. The average molecular weight is 286 g/mol. The molecule has 112 valence electrons. The highest BCUT2D eigenvalue weighted by Gasteiger charge is 2.14. The van der Waals surface area contributed by atoms with Crippen molar-refractivity contribution in [1.82, 2.24) is 5.43 Å². The SMILES string of the molecule is Cc1ccc(C(NN)c2cccc(CC(C)C)c2)cc1F. The molecule has 0 heterocycles. The molecule has 0 saturated carbocycles. The lowest BCUT2D eigenvalue weighted by Crippen LogP contribution is -2.29. The van der Waals surface area contributed by atoms with E-state index in [0.717, 1.165) is 17.5 Å². The lowest BCUT2D eigenvalue weighted by atomic mass is 9.94. The van der Waals surface area contributed by atoms with Crippen LogP contribution in [0.2, 0.25) is 0 Å². The maximum Gasteiger partial charge on any atom is 0.126 e. The minimum absolute atomic E-state index is 0.202. The Bertz CT molecular complexity index is 608. The first-order valence-electron chi connectivity index (χ1n) is 7.32. The van der Waals surface area contributed by atoms with Gasteiger partial charge in [-0.2, -0.15) is 0 Å². The van der Waals surface area contributed by atoms with Crippen molar-refractivity contribution in [3.63, 3.8) is 0 Å². The summed E-state index contributed by atoms with van der Waals surface area (Å²) in [6.45, 7) is 6.15. The highest BCUT2D eigenvalue weighted by atomic mass is 19.1. The van der Waals surface area contributed by atoms with Gasteiger partial charge in [0.1, 0.15) is 5.82 Å². The third kappa shape index (κ3) is 3.90. The van der Waals surface area contributed by atoms with Crippen LogP contribution in [0.1, 0.15) is 42.1 Å². The zero-order valence-electron chi connectivity index (χ0n) is 12.9. The van der Waals surface area contributed by atoms with Crippen molar-refractivity contribution in [3.05, 3.63) is 70.5 Å². The van der Waals surface area contributed by atoms with E-state index in [1.54, 1.807) is 19.1 Å². The standard InChI is InChI=1S/C18H23FN2/c1-12(2)9-14-5-4-6-15(10-14)18(21-20)16-8-7-13(3)17(19)11-16/h4-8,10-12,18,21H,9,20H2,1-3H3. The van der Waals surface area contributed by atoms with E-state index in [0.29, 0.717) is 11.5 Å². The van der Waals surface area contributed by atoms with Gasteiger partial charge in [0, 0.05) is 0 Å². The zero-order chi connectivity index (χ0) is 15.4. The molecule has 0 saturated heterocycles. The predicted molar refractivity (Wildman–Crippen MR) is 85.3 cm³/mol. The van der Waals surface area contributed by atoms with Crippen LogP contribution in [0.5, 0.6) is 0 Å². The molecule has 0 amide bonds. The van der Waals surface area contributed by atoms with E-state index in [4.69, 9.17) is 5.84 Å². The first-order chi connectivity index (χ1) is 10.0. The van der Waals surface area contributed by atoms with Crippen LogP contribution in [0.25, 0.3) is 0 Å². The summed E-state index contributed by atoms with van der Waals surface area (Å²) in [4.78, 5) is 0. The second-order valence-corrected chi connectivity index (χ2v) is 5.95. The van der Waals surface area contributed by atoms with Crippen LogP contribution >= 0.6 is 0 Å². The second-order valence-electron chi connectivity index (χ2n) is 5.95. The monoisotopic (exact) mass is 286 g/mol. The quantitative estimate of drug-likeness (QED) is 0.646. The molecule has 0 aromatic heterocycles. The highest BCUT2D eigenvalue weighted by Crippen LogP contribution is 2.24. The molecule has 3 heteroatoms. The first kappa shape index (κ1) is 15.7. The zero-order valence-corrected chi connectivity index (χ0v) is 12.9. The summed E-state index contributed by atoms with van der Waals surface area (Å²) in [7, 11) is 0. The van der Waals surface area contributed by atoms with E-state index >= 15 is 0 Å². The van der Waals surface area contributed by atoms with Crippen molar-refractivity contribution >= 4 is 0 Å². The van der Waals surface area contributed by atoms with E-state index < -0.39 is 0 Å². The lowest BCUT2D eigenvalue weighted by Gasteiger charge is -2.18. The molecule has 0 bridgehead atoms. The number of benzene rings is 2. The van der Waals surface area contributed by atoms with Gasteiger partial charge in [0.2, 0.25) is 0 Å². The molecule has 2 aromatic rings. The molecule has 3 N–H and O–H groups in total. The normalized spacial score (nSPS) is 12.7. The van der Waals surface area contributed by atoms with Crippen LogP contribution in [0.15, 0.2) is 42.5 Å². The molecular formula is C18H23FN2. The average Bonchev–Trinajstić information content (AvgIpc) is 2.43. The molecule has 0 spiro atoms. The van der Waals surface area contributed by atoms with Crippen LogP contribution in [-0.4, -0.2) is 0 Å². The number of nitrogens with two attached hydrogens (primary N) is 1. The second kappa shape index (κ2) is 6.83. The summed E-state index contributed by atoms with van der Waals surface area (Å²) in [5.74, 6) is 6.10. The third-order valence-corrected chi connectivity index (χ3v) is 3.62.